The first kappa shape index (κ1) is 11.2. The summed E-state index contributed by atoms with van der Waals surface area (Å²) >= 11 is 0.808. The largest absolute Gasteiger partial charge is 0.227 e. The highest BCUT2D eigenvalue weighted by molar-refractivity contribution is 8.26. The van der Waals surface area contributed by atoms with E-state index in [2.05, 4.69) is 0 Å². The van der Waals surface area contributed by atoms with Crippen LogP contribution in [0.1, 0.15) is 0 Å². The second kappa shape index (κ2) is 3.32. The van der Waals surface area contributed by atoms with Crippen LogP contribution in [0.2, 0.25) is 0 Å². The fourth-order valence-electron chi connectivity index (χ4n) is 0.667. The monoisotopic (exact) mass is 218 g/mol. The van der Waals surface area contributed by atoms with Crippen molar-refractivity contribution in [2.24, 2.45) is 0 Å². The Morgan fingerprint density at radius 1 is 1.00 bits per heavy atom. The van der Waals surface area contributed by atoms with E-state index in [9.17, 15) is 16.8 Å². The van der Waals surface area contributed by atoms with E-state index in [1.165, 1.54) is 6.26 Å². The van der Waals surface area contributed by atoms with Gasteiger partial charge in [-0.2, -0.15) is 0 Å². The summed E-state index contributed by atoms with van der Waals surface area (Å²) in [5.74, 6) is 0. The van der Waals surface area contributed by atoms with E-state index in [1.807, 2.05) is 0 Å². The van der Waals surface area contributed by atoms with Crippen LogP contribution < -0.4 is 0 Å². The Morgan fingerprint density at radius 2 is 1.27 bits per heavy atom. The predicted octanol–water partition coefficient (Wildman–Crippen LogP) is -0.278. The second-order valence-electron chi connectivity index (χ2n) is 2.18. The van der Waals surface area contributed by atoms with Crippen molar-refractivity contribution >= 4 is 31.4 Å². The van der Waals surface area contributed by atoms with Gasteiger partial charge in [0.15, 0.2) is 19.7 Å². The van der Waals surface area contributed by atoms with Gasteiger partial charge in [0.25, 0.3) is 0 Å². The number of hydrogen-bond acceptors (Lipinski definition) is 5. The lowest BCUT2D eigenvalue weighted by atomic mass is 11.8. The molecule has 7 heteroatoms. The normalized spacial score (nSPS) is 13.8. The van der Waals surface area contributed by atoms with Gasteiger partial charge in [0.2, 0.25) is 3.91 Å². The quantitative estimate of drug-likeness (QED) is 0.652. The lowest BCUT2D eigenvalue weighted by Gasteiger charge is -2.08. The van der Waals surface area contributed by atoms with Crippen LogP contribution in [-0.2, 0) is 19.7 Å². The maximum Gasteiger partial charge on any atom is 0.207 e. The number of hydrogen-bond donors (Lipinski definition) is 0. The van der Waals surface area contributed by atoms with Crippen LogP contribution >= 0.6 is 11.8 Å². The molecule has 0 fully saturated rings. The Labute approximate surface area is 71.2 Å². The molecule has 0 aromatic heterocycles. The molecule has 0 saturated heterocycles. The molecule has 0 atom stereocenters. The Bertz CT molecular complexity index is 279. The maximum absolute atomic E-state index is 10.8. The third-order valence-corrected chi connectivity index (χ3v) is 8.02. The van der Waals surface area contributed by atoms with Gasteiger partial charge in [-0.05, 0) is 6.26 Å². The van der Waals surface area contributed by atoms with Crippen LogP contribution in [0.5, 0.6) is 0 Å². The summed E-state index contributed by atoms with van der Waals surface area (Å²) in [6.45, 7) is 0. The topological polar surface area (TPSA) is 68.3 Å². The highest BCUT2D eigenvalue weighted by Gasteiger charge is 2.29. The highest BCUT2D eigenvalue weighted by atomic mass is 32.3. The third-order valence-electron chi connectivity index (χ3n) is 0.892. The summed E-state index contributed by atoms with van der Waals surface area (Å²) in [6.07, 6.45) is 3.28. The van der Waals surface area contributed by atoms with Gasteiger partial charge in [-0.15, -0.1) is 11.8 Å². The molecule has 0 spiro atoms. The van der Waals surface area contributed by atoms with Crippen molar-refractivity contribution in [3.63, 3.8) is 0 Å². The molecule has 0 amide bonds. The maximum atomic E-state index is 10.8. The molecule has 0 unspecified atom stereocenters. The van der Waals surface area contributed by atoms with Gasteiger partial charge in [0.05, 0.1) is 0 Å². The molecule has 68 valence electrons. The minimum atomic E-state index is -3.50. The van der Waals surface area contributed by atoms with Crippen molar-refractivity contribution in [2.45, 2.75) is 3.91 Å². The standard InChI is InChI=1S/C4H10O4S3/c1-9-4(10(2,5)6)11(3,7)8/h4H,1-3H3. The van der Waals surface area contributed by atoms with Gasteiger partial charge in [-0.1, -0.05) is 0 Å². The molecule has 0 aromatic rings. The molecule has 0 saturated carbocycles. The zero-order chi connectivity index (χ0) is 9.28. The van der Waals surface area contributed by atoms with Crippen molar-refractivity contribution in [1.29, 1.82) is 0 Å². The summed E-state index contributed by atoms with van der Waals surface area (Å²) in [7, 11) is -7.00. The molecule has 0 bridgehead atoms. The van der Waals surface area contributed by atoms with Gasteiger partial charge in [-0.25, -0.2) is 16.8 Å². The van der Waals surface area contributed by atoms with E-state index < -0.39 is 23.6 Å². The molecule has 0 aromatic carbocycles. The van der Waals surface area contributed by atoms with Crippen LogP contribution in [0.4, 0.5) is 0 Å². The average Bonchev–Trinajstić information content (AvgIpc) is 1.56. The Hall–Kier alpha value is 0.250. The van der Waals surface area contributed by atoms with E-state index in [0.717, 1.165) is 24.3 Å². The van der Waals surface area contributed by atoms with Crippen LogP contribution in [-0.4, -0.2) is 39.5 Å². The molecule has 0 heterocycles. The second-order valence-corrected chi connectivity index (χ2v) is 8.28. The van der Waals surface area contributed by atoms with Gasteiger partial charge >= 0.3 is 0 Å². The fraction of sp³-hybridized carbons (Fsp3) is 1.00. The third kappa shape index (κ3) is 3.44. The Balaban J connectivity index is 5.05. The van der Waals surface area contributed by atoms with Gasteiger partial charge < -0.3 is 0 Å². The van der Waals surface area contributed by atoms with Crippen LogP contribution in [0, 0.1) is 0 Å². The molecule has 11 heavy (non-hydrogen) atoms. The molecule has 0 aliphatic heterocycles. The lowest BCUT2D eigenvalue weighted by Crippen LogP contribution is -2.24. The van der Waals surface area contributed by atoms with Crippen molar-refractivity contribution in [3.8, 4) is 0 Å². The SMILES string of the molecule is CSC(S(C)(=O)=O)S(C)(=O)=O. The summed E-state index contributed by atoms with van der Waals surface area (Å²) in [6, 6.07) is 0. The van der Waals surface area contributed by atoms with Gasteiger partial charge in [0.1, 0.15) is 0 Å². The van der Waals surface area contributed by atoms with E-state index in [1.54, 1.807) is 0 Å². The van der Waals surface area contributed by atoms with Crippen molar-refractivity contribution < 1.29 is 16.8 Å². The van der Waals surface area contributed by atoms with E-state index in [4.69, 9.17) is 0 Å². The first-order valence-electron chi connectivity index (χ1n) is 2.60. The van der Waals surface area contributed by atoms with E-state index >= 15 is 0 Å². The number of thioether (sulfide) groups is 1. The van der Waals surface area contributed by atoms with Gasteiger partial charge in [-0.3, -0.25) is 0 Å². The van der Waals surface area contributed by atoms with Crippen molar-refractivity contribution in [1.82, 2.24) is 0 Å². The summed E-state index contributed by atoms with van der Waals surface area (Å²) < 4.78 is 41.9. The molecule has 4 nitrogen and oxygen atoms in total. The molecule has 0 aliphatic carbocycles. The molecule has 0 aliphatic rings. The van der Waals surface area contributed by atoms with E-state index in [-0.39, 0.29) is 0 Å². The van der Waals surface area contributed by atoms with Gasteiger partial charge in [0, 0.05) is 12.5 Å². The van der Waals surface area contributed by atoms with Crippen LogP contribution in [0.3, 0.4) is 0 Å². The van der Waals surface area contributed by atoms with E-state index in [0.29, 0.717) is 0 Å². The van der Waals surface area contributed by atoms with Crippen LogP contribution in [0.15, 0.2) is 0 Å². The minimum absolute atomic E-state index is 0.808. The summed E-state index contributed by atoms with van der Waals surface area (Å²) in [5.41, 5.74) is 0. The number of rotatable bonds is 3. The number of sulfone groups is 2. The predicted molar refractivity (Wildman–Crippen MR) is 47.0 cm³/mol. The highest BCUT2D eigenvalue weighted by Crippen LogP contribution is 2.18. The first-order chi connectivity index (χ1) is 4.69. The first-order valence-corrected chi connectivity index (χ1v) is 7.80. The van der Waals surface area contributed by atoms with Crippen LogP contribution in [0.25, 0.3) is 0 Å². The Kier molecular flexibility index (Phi) is 3.40. The average molecular weight is 218 g/mol. The molecule has 0 radical (unpaired) electrons. The molecule has 0 rings (SSSR count). The molecular formula is C4H10O4S3. The fourth-order valence-corrected chi connectivity index (χ4v) is 6.00. The zero-order valence-electron chi connectivity index (χ0n) is 6.44. The minimum Gasteiger partial charge on any atom is -0.227 e. The summed E-state index contributed by atoms with van der Waals surface area (Å²) in [5, 5.41) is 0. The molecule has 0 N–H and O–H groups in total. The lowest BCUT2D eigenvalue weighted by molar-refractivity contribution is 0.592. The molecular weight excluding hydrogens is 208 g/mol. The smallest absolute Gasteiger partial charge is 0.207 e. The zero-order valence-corrected chi connectivity index (χ0v) is 8.88. The Morgan fingerprint density at radius 3 is 1.27 bits per heavy atom. The van der Waals surface area contributed by atoms with Crippen molar-refractivity contribution in [3.05, 3.63) is 0 Å². The van der Waals surface area contributed by atoms with Crippen molar-refractivity contribution in [2.75, 3.05) is 18.8 Å². The summed E-state index contributed by atoms with van der Waals surface area (Å²) in [4.78, 5) is 0.